The Bertz CT molecular complexity index is 751. The van der Waals surface area contributed by atoms with Crippen LogP contribution in [0.3, 0.4) is 0 Å². The first-order chi connectivity index (χ1) is 7.77. The van der Waals surface area contributed by atoms with Crippen LogP contribution in [0, 0.1) is 0 Å². The maximum Gasteiger partial charge on any atom is 0.198 e. The molecule has 0 atom stereocenters. The van der Waals surface area contributed by atoms with Gasteiger partial charge in [-0.2, -0.15) is 0 Å². The Morgan fingerprint density at radius 3 is 2.94 bits per heavy atom. The largest absolute Gasteiger partial charge is 0.288 e. The zero-order valence-electron chi connectivity index (χ0n) is 8.11. The summed E-state index contributed by atoms with van der Waals surface area (Å²) in [6.45, 7) is 0. The van der Waals surface area contributed by atoms with Crippen LogP contribution in [0.1, 0.15) is 0 Å². The lowest BCUT2D eigenvalue weighted by Crippen LogP contribution is -2.01. The number of hydrogen-bond donors (Lipinski definition) is 0. The van der Waals surface area contributed by atoms with E-state index in [1.165, 1.54) is 0 Å². The minimum Gasteiger partial charge on any atom is -0.288 e. The van der Waals surface area contributed by atoms with Gasteiger partial charge in [0.05, 0.1) is 15.8 Å². The lowest BCUT2D eigenvalue weighted by molar-refractivity contribution is 1.37. The predicted octanol–water partition coefficient (Wildman–Crippen LogP) is 3.46. The number of pyridine rings is 1. The van der Waals surface area contributed by atoms with E-state index >= 15 is 0 Å². The molecule has 0 bridgehead atoms. The number of hydrogen-bond acceptors (Lipinski definition) is 3. The maximum absolute atomic E-state index is 12.2. The Hall–Kier alpha value is -1.45. The van der Waals surface area contributed by atoms with E-state index in [0.29, 0.717) is 15.8 Å². The molecule has 0 saturated carbocycles. The van der Waals surface area contributed by atoms with E-state index in [0.717, 1.165) is 9.40 Å². The molecule has 3 aromatic rings. The summed E-state index contributed by atoms with van der Waals surface area (Å²) in [5.41, 5.74) is -0.0394. The van der Waals surface area contributed by atoms with E-state index in [1.807, 2.05) is 18.2 Å². The van der Waals surface area contributed by atoms with E-state index < -0.39 is 0 Å². The second-order valence-electron chi connectivity index (χ2n) is 3.42. The molecule has 0 aliphatic carbocycles. The fourth-order valence-electron chi connectivity index (χ4n) is 1.70. The summed E-state index contributed by atoms with van der Waals surface area (Å²) in [5.74, 6) is 0. The smallest absolute Gasteiger partial charge is 0.198 e. The predicted molar refractivity (Wildman–Crippen MR) is 68.4 cm³/mol. The highest BCUT2D eigenvalue weighted by Gasteiger charge is 2.08. The molecule has 0 N–H and O–H groups in total. The quantitative estimate of drug-likeness (QED) is 0.570. The summed E-state index contributed by atoms with van der Waals surface area (Å²) in [7, 11) is 0. The second kappa shape index (κ2) is 3.54. The number of aromatic nitrogens is 1. The Morgan fingerprint density at radius 1 is 1.19 bits per heavy atom. The molecule has 2 heterocycles. The standard InChI is InChI=1S/C12H6ClNOS/c13-8-2-1-3-10-11(8)12(15)7-6-14-5-4-9(7)16-10/h1-6H. The van der Waals surface area contributed by atoms with Crippen LogP contribution in [0.5, 0.6) is 0 Å². The summed E-state index contributed by atoms with van der Waals surface area (Å²) in [5, 5.41) is 1.73. The van der Waals surface area contributed by atoms with Crippen molar-refractivity contribution in [2.24, 2.45) is 0 Å². The minimum atomic E-state index is -0.0394. The third-order valence-corrected chi connectivity index (χ3v) is 3.90. The van der Waals surface area contributed by atoms with Crippen molar-refractivity contribution in [1.29, 1.82) is 0 Å². The van der Waals surface area contributed by atoms with Crippen LogP contribution in [-0.4, -0.2) is 4.98 Å². The van der Waals surface area contributed by atoms with E-state index in [9.17, 15) is 4.79 Å². The van der Waals surface area contributed by atoms with Crippen molar-refractivity contribution in [3.05, 3.63) is 51.9 Å². The number of benzene rings is 1. The fourth-order valence-corrected chi connectivity index (χ4v) is 3.09. The van der Waals surface area contributed by atoms with Gasteiger partial charge in [0, 0.05) is 21.8 Å². The number of fused-ring (bicyclic) bond motifs is 2. The van der Waals surface area contributed by atoms with Gasteiger partial charge in [-0.1, -0.05) is 17.7 Å². The van der Waals surface area contributed by atoms with Gasteiger partial charge in [-0.3, -0.25) is 9.78 Å². The molecule has 4 heteroatoms. The lowest BCUT2D eigenvalue weighted by Gasteiger charge is -2.01. The Morgan fingerprint density at radius 2 is 2.06 bits per heavy atom. The molecule has 78 valence electrons. The van der Waals surface area contributed by atoms with Gasteiger partial charge in [0.2, 0.25) is 0 Å². The highest BCUT2D eigenvalue weighted by molar-refractivity contribution is 7.24. The number of nitrogens with zero attached hydrogens (tertiary/aromatic N) is 1. The Balaban J connectivity index is 2.67. The molecule has 2 aromatic heterocycles. The Kier molecular flexibility index (Phi) is 2.16. The first-order valence-electron chi connectivity index (χ1n) is 4.72. The van der Waals surface area contributed by atoms with Crippen LogP contribution in [0.4, 0.5) is 0 Å². The summed E-state index contributed by atoms with van der Waals surface area (Å²) in [6.07, 6.45) is 3.28. The monoisotopic (exact) mass is 247 g/mol. The molecule has 16 heavy (non-hydrogen) atoms. The van der Waals surface area contributed by atoms with Gasteiger partial charge in [-0.25, -0.2) is 0 Å². The molecule has 0 fully saturated rings. The van der Waals surface area contributed by atoms with E-state index in [-0.39, 0.29) is 5.43 Å². The van der Waals surface area contributed by atoms with Crippen LogP contribution in [0.2, 0.25) is 5.02 Å². The molecule has 0 saturated heterocycles. The highest BCUT2D eigenvalue weighted by atomic mass is 35.5. The van der Waals surface area contributed by atoms with Crippen molar-refractivity contribution in [3.8, 4) is 0 Å². The number of rotatable bonds is 0. The molecule has 0 spiro atoms. The van der Waals surface area contributed by atoms with Crippen molar-refractivity contribution in [1.82, 2.24) is 4.98 Å². The zero-order chi connectivity index (χ0) is 11.1. The third kappa shape index (κ3) is 1.32. The molecule has 0 unspecified atom stereocenters. The topological polar surface area (TPSA) is 30.0 Å². The molecule has 1 aromatic carbocycles. The fraction of sp³-hybridized carbons (Fsp3) is 0. The SMILES string of the molecule is O=c1c2cnccc2sc2cccc(Cl)c12. The molecule has 0 aliphatic rings. The first kappa shape index (κ1) is 9.75. The minimum absolute atomic E-state index is 0.0394. The van der Waals surface area contributed by atoms with Crippen LogP contribution < -0.4 is 5.43 Å². The van der Waals surface area contributed by atoms with Crippen molar-refractivity contribution in [3.63, 3.8) is 0 Å². The third-order valence-electron chi connectivity index (χ3n) is 2.45. The zero-order valence-corrected chi connectivity index (χ0v) is 9.68. The van der Waals surface area contributed by atoms with Crippen molar-refractivity contribution >= 4 is 43.1 Å². The molecule has 0 radical (unpaired) electrons. The van der Waals surface area contributed by atoms with E-state index in [1.54, 1.807) is 29.8 Å². The molecule has 0 amide bonds. The van der Waals surface area contributed by atoms with Gasteiger partial charge >= 0.3 is 0 Å². The van der Waals surface area contributed by atoms with Crippen molar-refractivity contribution in [2.75, 3.05) is 0 Å². The van der Waals surface area contributed by atoms with Crippen LogP contribution in [0.25, 0.3) is 20.2 Å². The maximum atomic E-state index is 12.2. The van der Waals surface area contributed by atoms with Crippen LogP contribution in [-0.2, 0) is 0 Å². The van der Waals surface area contributed by atoms with Gasteiger partial charge < -0.3 is 0 Å². The summed E-state index contributed by atoms with van der Waals surface area (Å²) < 4.78 is 1.85. The molecular formula is C12H6ClNOS. The molecule has 3 rings (SSSR count). The van der Waals surface area contributed by atoms with Crippen molar-refractivity contribution in [2.45, 2.75) is 0 Å². The second-order valence-corrected chi connectivity index (χ2v) is 4.91. The van der Waals surface area contributed by atoms with E-state index in [4.69, 9.17) is 11.6 Å². The number of halogens is 1. The van der Waals surface area contributed by atoms with Gasteiger partial charge in [0.15, 0.2) is 5.43 Å². The normalized spacial score (nSPS) is 11.1. The summed E-state index contributed by atoms with van der Waals surface area (Å²) in [6, 6.07) is 7.35. The van der Waals surface area contributed by atoms with Gasteiger partial charge in [-0.05, 0) is 18.2 Å². The van der Waals surface area contributed by atoms with Gasteiger partial charge in [-0.15, -0.1) is 11.3 Å². The average molecular weight is 248 g/mol. The molecule has 2 nitrogen and oxygen atoms in total. The van der Waals surface area contributed by atoms with E-state index in [2.05, 4.69) is 4.98 Å². The first-order valence-corrected chi connectivity index (χ1v) is 5.92. The van der Waals surface area contributed by atoms with Gasteiger partial charge in [0.25, 0.3) is 0 Å². The van der Waals surface area contributed by atoms with Gasteiger partial charge in [0.1, 0.15) is 0 Å². The average Bonchev–Trinajstić information content (AvgIpc) is 2.29. The summed E-state index contributed by atoms with van der Waals surface area (Å²) >= 11 is 7.60. The van der Waals surface area contributed by atoms with Crippen LogP contribution in [0.15, 0.2) is 41.5 Å². The lowest BCUT2D eigenvalue weighted by atomic mass is 10.2. The summed E-state index contributed by atoms with van der Waals surface area (Å²) in [4.78, 5) is 16.2. The molecular weight excluding hydrogens is 242 g/mol. The Labute approximate surface area is 100 Å². The van der Waals surface area contributed by atoms with Crippen molar-refractivity contribution < 1.29 is 0 Å². The van der Waals surface area contributed by atoms with Crippen LogP contribution >= 0.6 is 22.9 Å². The molecule has 0 aliphatic heterocycles. The highest BCUT2D eigenvalue weighted by Crippen LogP contribution is 2.27.